The monoisotopic (exact) mass is 335 g/mol. The van der Waals surface area contributed by atoms with E-state index in [4.69, 9.17) is 3.85 Å². The zero-order chi connectivity index (χ0) is 14.7. The minimum absolute atomic E-state index is 0.195. The summed E-state index contributed by atoms with van der Waals surface area (Å²) in [7, 11) is 1.54. The van der Waals surface area contributed by atoms with Crippen molar-refractivity contribution in [3.8, 4) is 0 Å². The molecule has 0 bridgehead atoms. The van der Waals surface area contributed by atoms with Crippen molar-refractivity contribution in [2.24, 2.45) is 5.92 Å². The topological polar surface area (TPSA) is 15.7 Å². The standard InChI is InChI=1S/C6H14NO.C6H18NSi2.Co/c1-5(2)6(8)7(3)4;1-8(2,3)7-9(4,5)6;/h5-6H,1-4H3;1-6H3;/q2*-1;+2. The number of nitrogens with zero attached hydrogens (tertiary/aromatic N) is 2. The van der Waals surface area contributed by atoms with E-state index in [9.17, 15) is 0 Å². The number of hydrogen-bond donors (Lipinski definition) is 0. The zero-order valence-corrected chi connectivity index (χ0v) is 16.8. The molecule has 0 rings (SSSR count). The Bertz CT molecular complexity index is 227. The van der Waals surface area contributed by atoms with E-state index in [1.165, 1.54) is 0 Å². The molecule has 0 fully saturated rings. The normalized spacial score (nSPS) is 16.1. The Kier molecular flexibility index (Phi) is 7.33. The van der Waals surface area contributed by atoms with Crippen LogP contribution in [-0.2, 0) is 19.1 Å². The van der Waals surface area contributed by atoms with Crippen LogP contribution in [0.5, 0.6) is 0 Å². The summed E-state index contributed by atoms with van der Waals surface area (Å²) in [6, 6.07) is 0. The van der Waals surface area contributed by atoms with E-state index in [0.717, 1.165) is 15.2 Å². The molecule has 0 saturated carbocycles. The van der Waals surface area contributed by atoms with Gasteiger partial charge in [0, 0.05) is 0 Å². The molecule has 0 radical (unpaired) electrons. The predicted molar refractivity (Wildman–Crippen MR) is 81.9 cm³/mol. The van der Waals surface area contributed by atoms with Gasteiger partial charge in [-0.1, -0.05) is 0 Å². The third-order valence-corrected chi connectivity index (χ3v) is 13.9. The van der Waals surface area contributed by atoms with Gasteiger partial charge in [-0.2, -0.15) is 0 Å². The van der Waals surface area contributed by atoms with Gasteiger partial charge in [0.2, 0.25) is 0 Å². The summed E-state index contributed by atoms with van der Waals surface area (Å²) >= 11 is 1.10. The molecule has 0 aliphatic rings. The van der Waals surface area contributed by atoms with Crippen molar-refractivity contribution >= 4 is 16.5 Å². The summed E-state index contributed by atoms with van der Waals surface area (Å²) in [5.74, 6) is 0.511. The molecular formula is C12H32CoN2OSi2. The van der Waals surface area contributed by atoms with Crippen molar-refractivity contribution < 1.29 is 19.1 Å². The Morgan fingerprint density at radius 1 is 0.889 bits per heavy atom. The van der Waals surface area contributed by atoms with Gasteiger partial charge in [0.15, 0.2) is 0 Å². The first-order valence-electron chi connectivity index (χ1n) is 6.61. The first kappa shape index (κ1) is 18.8. The van der Waals surface area contributed by atoms with Crippen molar-refractivity contribution in [1.82, 2.24) is 8.18 Å². The Morgan fingerprint density at radius 3 is 1.50 bits per heavy atom. The van der Waals surface area contributed by atoms with Crippen LogP contribution in [0.2, 0.25) is 39.3 Å². The molecule has 113 valence electrons. The second-order valence-electron chi connectivity index (χ2n) is 7.34. The van der Waals surface area contributed by atoms with Crippen LogP contribution in [0.25, 0.3) is 0 Å². The summed E-state index contributed by atoms with van der Waals surface area (Å²) in [5, 5.41) is 0. The molecular weight excluding hydrogens is 303 g/mol. The molecule has 0 aromatic carbocycles. The second kappa shape index (κ2) is 7.01. The summed E-state index contributed by atoms with van der Waals surface area (Å²) in [5.41, 5.74) is 0. The molecule has 0 saturated heterocycles. The molecule has 1 atom stereocenters. The molecule has 0 spiro atoms. The summed E-state index contributed by atoms with van der Waals surface area (Å²) < 4.78 is 8.82. The van der Waals surface area contributed by atoms with E-state index in [1.54, 1.807) is 0 Å². The fourth-order valence-corrected chi connectivity index (χ4v) is 13.2. The molecule has 0 aliphatic carbocycles. The van der Waals surface area contributed by atoms with Gasteiger partial charge in [0.1, 0.15) is 0 Å². The molecule has 0 N–H and O–H groups in total. The maximum absolute atomic E-state index is 6.17. The molecule has 0 aromatic rings. The maximum atomic E-state index is 6.17. The summed E-state index contributed by atoms with van der Waals surface area (Å²) in [6.07, 6.45) is 0.195. The van der Waals surface area contributed by atoms with Crippen LogP contribution >= 0.6 is 0 Å². The van der Waals surface area contributed by atoms with E-state index in [2.05, 4.69) is 75.4 Å². The fourth-order valence-electron chi connectivity index (χ4n) is 2.02. The van der Waals surface area contributed by atoms with E-state index >= 15 is 0 Å². The Morgan fingerprint density at radius 2 is 1.28 bits per heavy atom. The van der Waals surface area contributed by atoms with E-state index in [0.29, 0.717) is 5.92 Å². The predicted octanol–water partition coefficient (Wildman–Crippen LogP) is 3.43. The molecule has 0 aromatic heterocycles. The van der Waals surface area contributed by atoms with Gasteiger partial charge >= 0.3 is 123 Å². The van der Waals surface area contributed by atoms with Crippen LogP contribution in [0.1, 0.15) is 13.8 Å². The molecule has 0 aliphatic heterocycles. The number of hydrogen-bond acceptors (Lipinski definition) is 3. The molecule has 6 heteroatoms. The van der Waals surface area contributed by atoms with Crippen molar-refractivity contribution in [3.63, 3.8) is 0 Å². The Hall–Kier alpha value is 0.820. The van der Waals surface area contributed by atoms with Crippen molar-refractivity contribution in [2.75, 3.05) is 14.1 Å². The van der Waals surface area contributed by atoms with Crippen LogP contribution < -0.4 is 0 Å². The van der Waals surface area contributed by atoms with Crippen LogP contribution in [0.4, 0.5) is 0 Å². The molecule has 3 nitrogen and oxygen atoms in total. The SMILES string of the molecule is CC(C)C([O][Co][N]([Si](C)(C)C)[Si](C)(C)C)N(C)C. The average Bonchev–Trinajstić information content (AvgIpc) is 2.06. The van der Waals surface area contributed by atoms with Gasteiger partial charge in [0.05, 0.1) is 0 Å². The first-order valence-corrected chi connectivity index (χ1v) is 14.4. The van der Waals surface area contributed by atoms with Crippen molar-refractivity contribution in [2.45, 2.75) is 59.4 Å². The number of rotatable bonds is 7. The zero-order valence-electron chi connectivity index (χ0n) is 13.8. The van der Waals surface area contributed by atoms with Gasteiger partial charge in [-0.25, -0.2) is 0 Å². The second-order valence-corrected chi connectivity index (χ2v) is 19.0. The molecule has 0 amide bonds. The fraction of sp³-hybridized carbons (Fsp3) is 1.00. The first-order chi connectivity index (χ1) is 7.87. The average molecular weight is 336 g/mol. The van der Waals surface area contributed by atoms with Crippen molar-refractivity contribution in [1.29, 1.82) is 0 Å². The third-order valence-electron chi connectivity index (χ3n) is 2.37. The third kappa shape index (κ3) is 6.31. The van der Waals surface area contributed by atoms with Gasteiger partial charge in [-0.15, -0.1) is 0 Å². The van der Waals surface area contributed by atoms with Crippen LogP contribution in [0.15, 0.2) is 0 Å². The van der Waals surface area contributed by atoms with Gasteiger partial charge in [0.25, 0.3) is 0 Å². The van der Waals surface area contributed by atoms with Crippen molar-refractivity contribution in [3.05, 3.63) is 0 Å². The van der Waals surface area contributed by atoms with Gasteiger partial charge in [-0.3, -0.25) is 0 Å². The van der Waals surface area contributed by atoms with E-state index < -0.39 is 16.5 Å². The summed E-state index contributed by atoms with van der Waals surface area (Å²) in [4.78, 5) is 2.17. The molecule has 0 heterocycles. The van der Waals surface area contributed by atoms with Crippen LogP contribution in [0.3, 0.4) is 0 Å². The quantitative estimate of drug-likeness (QED) is 0.524. The van der Waals surface area contributed by atoms with Gasteiger partial charge in [-0.05, 0) is 0 Å². The van der Waals surface area contributed by atoms with Crippen LogP contribution in [0, 0.1) is 5.92 Å². The Balaban J connectivity index is 4.72. The molecule has 18 heavy (non-hydrogen) atoms. The Labute approximate surface area is 123 Å². The summed E-state index contributed by atoms with van der Waals surface area (Å²) in [6.45, 7) is 18.9. The van der Waals surface area contributed by atoms with Crippen LogP contribution in [-0.4, -0.2) is 45.0 Å². The van der Waals surface area contributed by atoms with Gasteiger partial charge < -0.3 is 0 Å². The minimum atomic E-state index is -1.32. The molecule has 1 unspecified atom stereocenters. The van der Waals surface area contributed by atoms with E-state index in [1.807, 2.05) is 0 Å². The van der Waals surface area contributed by atoms with E-state index in [-0.39, 0.29) is 6.23 Å².